The molecule has 6 aromatic carbocycles. The van der Waals surface area contributed by atoms with Gasteiger partial charge in [0.15, 0.2) is 6.10 Å². The average Bonchev–Trinajstić information content (AvgIpc) is 2.95. The molecule has 0 saturated carbocycles. The topological polar surface area (TPSA) is 43.4 Å². The second kappa shape index (κ2) is 9.64. The van der Waals surface area contributed by atoms with Gasteiger partial charge in [0.1, 0.15) is 0 Å². The van der Waals surface area contributed by atoms with Gasteiger partial charge in [-0.3, -0.25) is 4.79 Å². The minimum atomic E-state index is -1.13. The fraction of sp³-hybridized carbons (Fsp3) is 0.0303. The summed E-state index contributed by atoms with van der Waals surface area (Å²) in [4.78, 5) is 27.4. The van der Waals surface area contributed by atoms with Crippen LogP contribution in [0.1, 0.15) is 32.4 Å². The Morgan fingerprint density at radius 1 is 0.568 bits per heavy atom. The van der Waals surface area contributed by atoms with Crippen LogP contribution in [0.4, 0.5) is 0 Å². The Bertz CT molecular complexity index is 1820. The van der Waals surface area contributed by atoms with Crippen LogP contribution in [0.2, 0.25) is 0 Å². The van der Waals surface area contributed by atoms with Gasteiger partial charge in [-0.25, -0.2) is 4.79 Å². The lowest BCUT2D eigenvalue weighted by Gasteiger charge is -2.20. The SMILES string of the molecule is O=C(OC(C(=O)c1ccc2ccccc2c1)c1ccc2ccccc2c1Br)c1ccc2ccccc2c1. The molecule has 1 atom stereocenters. The van der Waals surface area contributed by atoms with Gasteiger partial charge in [-0.1, -0.05) is 103 Å². The van der Waals surface area contributed by atoms with Crippen molar-refractivity contribution in [3.05, 3.63) is 142 Å². The van der Waals surface area contributed by atoms with Crippen molar-refractivity contribution in [1.82, 2.24) is 0 Å². The van der Waals surface area contributed by atoms with E-state index < -0.39 is 12.1 Å². The highest BCUT2D eigenvalue weighted by atomic mass is 79.9. The van der Waals surface area contributed by atoms with Crippen LogP contribution in [0, 0.1) is 0 Å². The largest absolute Gasteiger partial charge is 0.445 e. The number of carbonyl (C=O) groups is 2. The third kappa shape index (κ3) is 4.41. The van der Waals surface area contributed by atoms with Crippen LogP contribution in [-0.4, -0.2) is 11.8 Å². The normalized spacial score (nSPS) is 12.0. The molecular weight excluding hydrogens is 524 g/mol. The predicted molar refractivity (Wildman–Crippen MR) is 152 cm³/mol. The van der Waals surface area contributed by atoms with Crippen LogP contribution in [0.25, 0.3) is 32.3 Å². The molecule has 0 heterocycles. The molecule has 0 N–H and O–H groups in total. The van der Waals surface area contributed by atoms with Crippen molar-refractivity contribution in [2.45, 2.75) is 6.10 Å². The van der Waals surface area contributed by atoms with E-state index in [1.807, 2.05) is 103 Å². The van der Waals surface area contributed by atoms with E-state index in [2.05, 4.69) is 15.9 Å². The van der Waals surface area contributed by atoms with Crippen molar-refractivity contribution in [2.75, 3.05) is 0 Å². The van der Waals surface area contributed by atoms with Crippen LogP contribution in [-0.2, 0) is 4.74 Å². The van der Waals surface area contributed by atoms with Crippen molar-refractivity contribution < 1.29 is 14.3 Å². The molecule has 0 saturated heterocycles. The molecule has 0 aliphatic carbocycles. The number of hydrogen-bond acceptors (Lipinski definition) is 3. The quantitative estimate of drug-likeness (QED) is 0.161. The fourth-order valence-electron chi connectivity index (χ4n) is 4.70. The molecular formula is C33H21BrO3. The van der Waals surface area contributed by atoms with E-state index in [9.17, 15) is 9.59 Å². The summed E-state index contributed by atoms with van der Waals surface area (Å²) in [5.74, 6) is -0.833. The Kier molecular flexibility index (Phi) is 6.03. The van der Waals surface area contributed by atoms with Gasteiger partial charge < -0.3 is 4.74 Å². The molecule has 0 amide bonds. The molecule has 0 radical (unpaired) electrons. The molecule has 0 aromatic heterocycles. The van der Waals surface area contributed by atoms with Crippen LogP contribution in [0.3, 0.4) is 0 Å². The first-order valence-electron chi connectivity index (χ1n) is 12.0. The second-order valence-electron chi connectivity index (χ2n) is 8.96. The number of hydrogen-bond donors (Lipinski definition) is 0. The zero-order valence-electron chi connectivity index (χ0n) is 19.7. The van der Waals surface area contributed by atoms with E-state index >= 15 is 0 Å². The van der Waals surface area contributed by atoms with Crippen LogP contribution in [0.15, 0.2) is 126 Å². The lowest BCUT2D eigenvalue weighted by atomic mass is 9.95. The maximum atomic E-state index is 14.0. The van der Waals surface area contributed by atoms with Crippen molar-refractivity contribution >= 4 is 60.0 Å². The number of benzene rings is 6. The van der Waals surface area contributed by atoms with Crippen molar-refractivity contribution in [2.24, 2.45) is 0 Å². The smallest absolute Gasteiger partial charge is 0.339 e. The zero-order chi connectivity index (χ0) is 25.4. The van der Waals surface area contributed by atoms with Gasteiger partial charge in [0.25, 0.3) is 0 Å². The Labute approximate surface area is 222 Å². The number of esters is 1. The summed E-state index contributed by atoms with van der Waals surface area (Å²) in [6.07, 6.45) is -1.13. The Balaban J connectivity index is 1.44. The maximum Gasteiger partial charge on any atom is 0.339 e. The number of rotatable bonds is 5. The molecule has 178 valence electrons. The first-order chi connectivity index (χ1) is 18.1. The van der Waals surface area contributed by atoms with E-state index in [-0.39, 0.29) is 5.78 Å². The van der Waals surface area contributed by atoms with Gasteiger partial charge in [0.2, 0.25) is 5.78 Å². The summed E-state index contributed by atoms with van der Waals surface area (Å²) in [5.41, 5.74) is 1.48. The van der Waals surface area contributed by atoms with Crippen LogP contribution in [0.5, 0.6) is 0 Å². The summed E-state index contributed by atoms with van der Waals surface area (Å²) in [5, 5.41) is 5.91. The highest BCUT2D eigenvalue weighted by Crippen LogP contribution is 2.36. The van der Waals surface area contributed by atoms with Crippen molar-refractivity contribution in [1.29, 1.82) is 0 Å². The van der Waals surface area contributed by atoms with E-state index in [1.54, 1.807) is 18.2 Å². The molecule has 37 heavy (non-hydrogen) atoms. The zero-order valence-corrected chi connectivity index (χ0v) is 21.3. The maximum absolute atomic E-state index is 14.0. The standard InChI is InChI=1S/C33H21BrO3/c34-30-28-12-6-5-9-23(28)17-18-29(30)32(31(35)26-15-13-21-7-1-3-10-24(21)19-26)37-33(36)27-16-14-22-8-2-4-11-25(22)20-27/h1-20,32H. The fourth-order valence-corrected chi connectivity index (χ4v) is 5.40. The number of Topliss-reactive ketones (excluding diaryl/α,β-unsaturated/α-hetero) is 1. The highest BCUT2D eigenvalue weighted by Gasteiger charge is 2.29. The molecule has 4 heteroatoms. The molecule has 0 aliphatic heterocycles. The van der Waals surface area contributed by atoms with Crippen molar-refractivity contribution in [3.63, 3.8) is 0 Å². The Morgan fingerprint density at radius 2 is 1.08 bits per heavy atom. The molecule has 6 rings (SSSR count). The number of ether oxygens (including phenoxy) is 1. The molecule has 0 aliphatic rings. The van der Waals surface area contributed by atoms with Crippen LogP contribution < -0.4 is 0 Å². The summed E-state index contributed by atoms with van der Waals surface area (Å²) in [7, 11) is 0. The number of fused-ring (bicyclic) bond motifs is 3. The Hall–Kier alpha value is -4.28. The minimum absolute atomic E-state index is 0.282. The monoisotopic (exact) mass is 544 g/mol. The number of halogens is 1. The summed E-state index contributed by atoms with van der Waals surface area (Å²) in [6, 6.07) is 38.3. The third-order valence-corrected chi connectivity index (χ3v) is 7.54. The average molecular weight is 545 g/mol. The van der Waals surface area contributed by atoms with E-state index in [4.69, 9.17) is 4.74 Å². The molecule has 0 fully saturated rings. The summed E-state index contributed by atoms with van der Waals surface area (Å²) < 4.78 is 6.74. The van der Waals surface area contributed by atoms with Crippen molar-refractivity contribution in [3.8, 4) is 0 Å². The molecule has 0 bridgehead atoms. The van der Waals surface area contributed by atoms with E-state index in [0.717, 1.165) is 36.8 Å². The van der Waals surface area contributed by atoms with Gasteiger partial charge in [-0.15, -0.1) is 0 Å². The predicted octanol–water partition coefficient (Wildman–Crippen LogP) is 8.69. The van der Waals surface area contributed by atoms with Gasteiger partial charge >= 0.3 is 5.97 Å². The van der Waals surface area contributed by atoms with Gasteiger partial charge in [0, 0.05) is 15.6 Å². The lowest BCUT2D eigenvalue weighted by Crippen LogP contribution is -2.21. The summed E-state index contributed by atoms with van der Waals surface area (Å²) in [6.45, 7) is 0. The van der Waals surface area contributed by atoms with Gasteiger partial charge in [-0.05, 0) is 66.4 Å². The summed E-state index contributed by atoms with van der Waals surface area (Å²) >= 11 is 3.70. The second-order valence-corrected chi connectivity index (χ2v) is 9.76. The Morgan fingerprint density at radius 3 is 1.76 bits per heavy atom. The number of ketones is 1. The molecule has 3 nitrogen and oxygen atoms in total. The molecule has 6 aromatic rings. The lowest BCUT2D eigenvalue weighted by molar-refractivity contribution is 0.0279. The first-order valence-corrected chi connectivity index (χ1v) is 12.8. The van der Waals surface area contributed by atoms with E-state index in [0.29, 0.717) is 16.7 Å². The third-order valence-electron chi connectivity index (χ3n) is 6.66. The van der Waals surface area contributed by atoms with E-state index in [1.165, 1.54) is 0 Å². The van der Waals surface area contributed by atoms with Gasteiger partial charge in [-0.2, -0.15) is 0 Å². The highest BCUT2D eigenvalue weighted by molar-refractivity contribution is 9.10. The minimum Gasteiger partial charge on any atom is -0.445 e. The molecule has 1 unspecified atom stereocenters. The number of carbonyl (C=O) groups excluding carboxylic acids is 2. The van der Waals surface area contributed by atoms with Crippen LogP contribution >= 0.6 is 15.9 Å². The molecule has 0 spiro atoms. The van der Waals surface area contributed by atoms with Gasteiger partial charge in [0.05, 0.1) is 5.56 Å². The first kappa shape index (κ1) is 23.1.